The van der Waals surface area contributed by atoms with Gasteiger partial charge in [0.25, 0.3) is 12.9 Å². The van der Waals surface area contributed by atoms with E-state index in [0.29, 0.717) is 32.5 Å². The fourth-order valence-corrected chi connectivity index (χ4v) is 9.08. The lowest BCUT2D eigenvalue weighted by Gasteiger charge is -2.22. The number of azide groups is 1. The summed E-state index contributed by atoms with van der Waals surface area (Å²) in [4.78, 5) is 23.0. The number of nitrogens with zero attached hydrogens (tertiary/aromatic N) is 3. The van der Waals surface area contributed by atoms with Gasteiger partial charge >= 0.3 is 0 Å². The van der Waals surface area contributed by atoms with Gasteiger partial charge in [-0.05, 0) is 143 Å². The Morgan fingerprint density at radius 2 is 1.21 bits per heavy atom. The van der Waals surface area contributed by atoms with Gasteiger partial charge in [0, 0.05) is 22.3 Å². The van der Waals surface area contributed by atoms with E-state index < -0.39 is 26.3 Å². The van der Waals surface area contributed by atoms with Crippen LogP contribution in [-0.4, -0.2) is 93.5 Å². The topological polar surface area (TPSA) is 224 Å². The second-order valence-electron chi connectivity index (χ2n) is 15.6. The molecule has 350 valence electrons. The smallest absolute Gasteiger partial charge is 0.294 e. The van der Waals surface area contributed by atoms with E-state index in [1.165, 1.54) is 64.5 Å². The number of hydrogen-bond acceptors (Lipinski definition) is 12. The summed E-state index contributed by atoms with van der Waals surface area (Å²) in [5.74, 6) is 3.44. The van der Waals surface area contributed by atoms with Crippen molar-refractivity contribution in [3.63, 3.8) is 0 Å². The van der Waals surface area contributed by atoms with Crippen LogP contribution in [0.3, 0.4) is 0 Å². The fourth-order valence-electron chi connectivity index (χ4n) is 6.91. The molecule has 18 heteroatoms. The van der Waals surface area contributed by atoms with Crippen LogP contribution in [0.15, 0.2) is 53.1 Å². The molecular formula is C44H72N6O10S2. The summed E-state index contributed by atoms with van der Waals surface area (Å²) in [6, 6.07) is 15.5. The molecule has 2 aromatic rings. The zero-order chi connectivity index (χ0) is 45.2. The van der Waals surface area contributed by atoms with Crippen molar-refractivity contribution in [2.45, 2.75) is 123 Å². The van der Waals surface area contributed by atoms with E-state index >= 15 is 0 Å². The zero-order valence-corrected chi connectivity index (χ0v) is 38.6. The predicted molar refractivity (Wildman–Crippen MR) is 243 cm³/mol. The second kappa shape index (κ2) is 33.6. The standard InChI is InChI=1S/C22H36N2O5S.C18H27NO3.C4H9N3O2S/c1-2-3-16-30(26,27)24-22(29-18-25)17-20-7-9-21(10-8-20)28-15-5-4-6-19-11-13-23-14-12-19;20-15-21-14-10-17-4-6-18(7-5-17)22-13-2-1-3-16-8-11-19-12-9-16;1-2-3-4-10(8,9)7-6-5/h7-10,18-19,22-24H,2-6,11-17H2,1H3;4-7,15-16,19H,1-3,8-14H2;2-4H2,1H3/t22-;;/m1../s1. The molecule has 2 aliphatic rings. The minimum Gasteiger partial charge on any atom is -0.494 e. The number of unbranched alkanes of at least 4 members (excludes halogenated alkanes) is 4. The van der Waals surface area contributed by atoms with E-state index in [0.717, 1.165) is 86.3 Å². The van der Waals surface area contributed by atoms with Crippen molar-refractivity contribution in [1.82, 2.24) is 15.4 Å². The van der Waals surface area contributed by atoms with Gasteiger partial charge in [0.05, 0.1) is 31.3 Å². The monoisotopic (exact) mass is 908 g/mol. The van der Waals surface area contributed by atoms with Gasteiger partial charge in [-0.25, -0.2) is 16.8 Å². The first-order chi connectivity index (χ1) is 30.0. The largest absolute Gasteiger partial charge is 0.494 e. The van der Waals surface area contributed by atoms with Crippen molar-refractivity contribution in [3.05, 3.63) is 70.1 Å². The molecule has 3 N–H and O–H groups in total. The van der Waals surface area contributed by atoms with Crippen LogP contribution in [-0.2, 0) is 52.0 Å². The van der Waals surface area contributed by atoms with Crippen LogP contribution in [0, 0.1) is 11.8 Å². The highest BCUT2D eigenvalue weighted by atomic mass is 32.2. The molecule has 0 radical (unpaired) electrons. The van der Waals surface area contributed by atoms with Gasteiger partial charge in [0.1, 0.15) is 11.5 Å². The van der Waals surface area contributed by atoms with Gasteiger partial charge in [-0.2, -0.15) is 4.72 Å². The average molecular weight is 909 g/mol. The van der Waals surface area contributed by atoms with Crippen molar-refractivity contribution in [2.75, 3.05) is 57.5 Å². The van der Waals surface area contributed by atoms with E-state index in [9.17, 15) is 26.4 Å². The van der Waals surface area contributed by atoms with E-state index in [1.807, 2.05) is 62.4 Å². The van der Waals surface area contributed by atoms with Crippen LogP contribution in [0.2, 0.25) is 0 Å². The Balaban J connectivity index is 0.000000361. The Bertz CT molecular complexity index is 1730. The van der Waals surface area contributed by atoms with Gasteiger partial charge in [0.2, 0.25) is 20.0 Å². The van der Waals surface area contributed by atoms with Crippen molar-refractivity contribution in [1.29, 1.82) is 0 Å². The Hall–Kier alpha value is -3.93. The second-order valence-corrected chi connectivity index (χ2v) is 19.2. The third-order valence-electron chi connectivity index (χ3n) is 10.5. The molecule has 0 unspecified atom stereocenters. The lowest BCUT2D eigenvalue weighted by molar-refractivity contribution is -0.134. The number of rotatable bonds is 29. The fraction of sp³-hybridized carbons (Fsp3) is 0.682. The number of ether oxygens (including phenoxy) is 4. The zero-order valence-electron chi connectivity index (χ0n) is 36.9. The summed E-state index contributed by atoms with van der Waals surface area (Å²) in [7, 11) is -6.97. The molecule has 0 saturated carbocycles. The maximum Gasteiger partial charge on any atom is 0.294 e. The van der Waals surface area contributed by atoms with Crippen LogP contribution < -0.4 is 24.8 Å². The summed E-state index contributed by atoms with van der Waals surface area (Å²) in [6.45, 7) is 11.1. The first-order valence-corrected chi connectivity index (χ1v) is 25.6. The molecule has 0 amide bonds. The highest BCUT2D eigenvalue weighted by Gasteiger charge is 2.19. The number of nitrogens with one attached hydrogen (secondary N) is 3. The molecule has 0 aliphatic carbocycles. The van der Waals surface area contributed by atoms with E-state index in [1.54, 1.807) is 0 Å². The SMILES string of the molecule is CCCCS(=O)(=O)N=[N+]=[N-].CCCCS(=O)(=O)N[C@@H](Cc1ccc(OCCCCC2CCNCC2)cc1)OC=O.O=COCCc1ccc(OCCCCC2CCNCC2)cc1. The molecule has 2 aromatic carbocycles. The summed E-state index contributed by atoms with van der Waals surface area (Å²) >= 11 is 0. The molecule has 2 aliphatic heterocycles. The van der Waals surface area contributed by atoms with Crippen LogP contribution in [0.5, 0.6) is 11.5 Å². The highest BCUT2D eigenvalue weighted by molar-refractivity contribution is 7.90. The first kappa shape index (κ1) is 54.2. The maximum atomic E-state index is 12.1. The van der Waals surface area contributed by atoms with Crippen LogP contribution >= 0.6 is 0 Å². The normalized spacial score (nSPS) is 15.0. The third kappa shape index (κ3) is 27.2. The number of piperidine rings is 2. The molecule has 1 atom stereocenters. The summed E-state index contributed by atoms with van der Waals surface area (Å²) in [6.07, 6.45) is 15.2. The lowest BCUT2D eigenvalue weighted by Crippen LogP contribution is -2.39. The number of carbonyl (C=O) groups is 2. The minimum absolute atomic E-state index is 0.0205. The number of benzene rings is 2. The molecule has 4 rings (SSSR count). The van der Waals surface area contributed by atoms with Crippen molar-refractivity contribution in [2.24, 2.45) is 16.4 Å². The Morgan fingerprint density at radius 1 is 0.710 bits per heavy atom. The van der Waals surface area contributed by atoms with Gasteiger partial charge < -0.3 is 29.6 Å². The van der Waals surface area contributed by atoms with Crippen LogP contribution in [0.25, 0.3) is 10.4 Å². The molecule has 2 heterocycles. The Morgan fingerprint density at radius 3 is 1.68 bits per heavy atom. The van der Waals surface area contributed by atoms with Gasteiger partial charge in [-0.3, -0.25) is 9.59 Å². The summed E-state index contributed by atoms with van der Waals surface area (Å²) in [5.41, 5.74) is 9.79. The maximum absolute atomic E-state index is 12.1. The van der Waals surface area contributed by atoms with Crippen molar-refractivity contribution < 1.29 is 45.4 Å². The molecule has 16 nitrogen and oxygen atoms in total. The Labute approximate surface area is 370 Å². The number of hydrogen-bond donors (Lipinski definition) is 3. The number of sulfonamides is 2. The molecule has 0 spiro atoms. The van der Waals surface area contributed by atoms with Crippen LogP contribution in [0.1, 0.15) is 115 Å². The van der Waals surface area contributed by atoms with Crippen molar-refractivity contribution in [3.8, 4) is 11.5 Å². The summed E-state index contributed by atoms with van der Waals surface area (Å²) in [5, 5.41) is 6.81. The van der Waals surface area contributed by atoms with Crippen molar-refractivity contribution >= 4 is 33.0 Å². The van der Waals surface area contributed by atoms with Gasteiger partial charge in [-0.15, -0.1) is 0 Å². The molecular weight excluding hydrogens is 837 g/mol. The molecule has 2 fully saturated rings. The van der Waals surface area contributed by atoms with Crippen LogP contribution in [0.4, 0.5) is 0 Å². The molecule has 62 heavy (non-hydrogen) atoms. The highest BCUT2D eigenvalue weighted by Crippen LogP contribution is 2.21. The van der Waals surface area contributed by atoms with Gasteiger partial charge in [0.15, 0.2) is 6.23 Å². The summed E-state index contributed by atoms with van der Waals surface area (Å²) < 4.78 is 71.6. The average Bonchev–Trinajstić information content (AvgIpc) is 3.27. The van der Waals surface area contributed by atoms with E-state index in [4.69, 9.17) is 24.5 Å². The Kier molecular flexibility index (Phi) is 29.4. The minimum atomic E-state index is -3.49. The van der Waals surface area contributed by atoms with E-state index in [2.05, 4.69) is 24.8 Å². The van der Waals surface area contributed by atoms with Gasteiger partial charge in [-0.1, -0.05) is 63.8 Å². The first-order valence-electron chi connectivity index (χ1n) is 22.3. The molecule has 0 bridgehead atoms. The van der Waals surface area contributed by atoms with E-state index in [-0.39, 0.29) is 24.4 Å². The third-order valence-corrected chi connectivity index (χ3v) is 13.1. The number of carbonyl (C=O) groups excluding carboxylic acids is 2. The molecule has 0 aromatic heterocycles. The lowest BCUT2D eigenvalue weighted by atomic mass is 9.93. The predicted octanol–water partition coefficient (Wildman–Crippen LogP) is 7.37. The quantitative estimate of drug-likeness (QED) is 0.0182. The molecule has 2 saturated heterocycles.